The zero-order chi connectivity index (χ0) is 12.4. The average molecular weight is 245 g/mol. The van der Waals surface area contributed by atoms with Gasteiger partial charge in [0.1, 0.15) is 5.82 Å². The van der Waals surface area contributed by atoms with Crippen molar-refractivity contribution < 1.29 is 0 Å². The lowest BCUT2D eigenvalue weighted by molar-refractivity contribution is 0.228. The molecular formula is C12H15N5O. The van der Waals surface area contributed by atoms with E-state index in [-0.39, 0.29) is 5.56 Å². The number of H-pyrrole nitrogens is 1. The molecule has 0 bridgehead atoms. The highest BCUT2D eigenvalue weighted by atomic mass is 16.1. The van der Waals surface area contributed by atoms with E-state index in [2.05, 4.69) is 25.2 Å². The lowest BCUT2D eigenvalue weighted by Gasteiger charge is -2.26. The zero-order valence-corrected chi connectivity index (χ0v) is 10.0. The molecule has 2 N–H and O–H groups in total. The first-order chi connectivity index (χ1) is 8.83. The van der Waals surface area contributed by atoms with E-state index >= 15 is 0 Å². The van der Waals surface area contributed by atoms with Gasteiger partial charge in [-0.25, -0.2) is 9.97 Å². The van der Waals surface area contributed by atoms with Crippen LogP contribution in [0.1, 0.15) is 5.82 Å². The summed E-state index contributed by atoms with van der Waals surface area (Å²) in [5, 5.41) is 3.84. The van der Waals surface area contributed by atoms with E-state index < -0.39 is 0 Å². The molecule has 1 saturated heterocycles. The second-order valence-corrected chi connectivity index (χ2v) is 4.41. The summed E-state index contributed by atoms with van der Waals surface area (Å²) in [6, 6.07) is 3.48. The number of aromatic nitrogens is 3. The number of nitrogens with one attached hydrogen (secondary N) is 2. The Morgan fingerprint density at radius 3 is 3.00 bits per heavy atom. The number of piperazine rings is 1. The fourth-order valence-electron chi connectivity index (χ4n) is 2.17. The predicted molar refractivity (Wildman–Crippen MR) is 68.3 cm³/mol. The maximum absolute atomic E-state index is 11.9. The number of rotatable bonds is 2. The Balaban J connectivity index is 1.90. The van der Waals surface area contributed by atoms with E-state index in [1.54, 1.807) is 18.3 Å². The van der Waals surface area contributed by atoms with Gasteiger partial charge >= 0.3 is 0 Å². The smallest absolute Gasteiger partial charge is 0.260 e. The molecule has 6 nitrogen and oxygen atoms in total. The van der Waals surface area contributed by atoms with Crippen LogP contribution in [0.4, 0.5) is 0 Å². The molecule has 3 heterocycles. The molecule has 0 spiro atoms. The number of aromatic amines is 1. The molecule has 0 aromatic carbocycles. The third-order valence-corrected chi connectivity index (χ3v) is 3.11. The SMILES string of the molecule is O=c1[nH]c(CN2CCNCC2)nc2ncccc12. The van der Waals surface area contributed by atoms with Gasteiger partial charge in [-0.05, 0) is 12.1 Å². The molecule has 0 radical (unpaired) electrons. The minimum absolute atomic E-state index is 0.113. The average Bonchev–Trinajstić information content (AvgIpc) is 2.40. The van der Waals surface area contributed by atoms with E-state index in [4.69, 9.17) is 0 Å². The fourth-order valence-corrected chi connectivity index (χ4v) is 2.17. The van der Waals surface area contributed by atoms with Crippen LogP contribution < -0.4 is 10.9 Å². The second-order valence-electron chi connectivity index (χ2n) is 4.41. The molecule has 0 aliphatic carbocycles. The van der Waals surface area contributed by atoms with Crippen LogP contribution in [-0.4, -0.2) is 46.0 Å². The largest absolute Gasteiger partial charge is 0.314 e. The lowest BCUT2D eigenvalue weighted by Crippen LogP contribution is -2.43. The molecule has 2 aromatic rings. The topological polar surface area (TPSA) is 73.9 Å². The Kier molecular flexibility index (Phi) is 3.04. The fraction of sp³-hybridized carbons (Fsp3) is 0.417. The number of nitrogens with zero attached hydrogens (tertiary/aromatic N) is 3. The summed E-state index contributed by atoms with van der Waals surface area (Å²) in [6.07, 6.45) is 1.66. The minimum Gasteiger partial charge on any atom is -0.314 e. The summed E-state index contributed by atoms with van der Waals surface area (Å²) >= 11 is 0. The van der Waals surface area contributed by atoms with Gasteiger partial charge in [0.25, 0.3) is 5.56 Å². The molecule has 0 atom stereocenters. The predicted octanol–water partition coefficient (Wildman–Crippen LogP) is -0.277. The van der Waals surface area contributed by atoms with Crippen molar-refractivity contribution in [1.82, 2.24) is 25.2 Å². The third-order valence-electron chi connectivity index (χ3n) is 3.11. The number of pyridine rings is 1. The van der Waals surface area contributed by atoms with Gasteiger partial charge in [0, 0.05) is 32.4 Å². The molecule has 1 fully saturated rings. The monoisotopic (exact) mass is 245 g/mol. The molecule has 1 aliphatic rings. The van der Waals surface area contributed by atoms with E-state index in [1.165, 1.54) is 0 Å². The molecule has 3 rings (SSSR count). The van der Waals surface area contributed by atoms with Gasteiger partial charge < -0.3 is 10.3 Å². The van der Waals surface area contributed by atoms with E-state index in [1.807, 2.05) is 0 Å². The van der Waals surface area contributed by atoms with Crippen molar-refractivity contribution in [3.05, 3.63) is 34.5 Å². The quantitative estimate of drug-likeness (QED) is 0.761. The van der Waals surface area contributed by atoms with Gasteiger partial charge in [-0.2, -0.15) is 0 Å². The van der Waals surface area contributed by atoms with Gasteiger partial charge in [-0.3, -0.25) is 9.69 Å². The normalized spacial score (nSPS) is 17.1. The highest BCUT2D eigenvalue weighted by Gasteiger charge is 2.12. The summed E-state index contributed by atoms with van der Waals surface area (Å²) in [7, 11) is 0. The molecule has 1 aliphatic heterocycles. The van der Waals surface area contributed by atoms with Gasteiger partial charge in [0.2, 0.25) is 0 Å². The van der Waals surface area contributed by atoms with Crippen LogP contribution in [0, 0.1) is 0 Å². The van der Waals surface area contributed by atoms with Crippen molar-refractivity contribution in [2.45, 2.75) is 6.54 Å². The second kappa shape index (κ2) is 4.83. The summed E-state index contributed by atoms with van der Waals surface area (Å²) in [6.45, 7) is 4.59. The maximum Gasteiger partial charge on any atom is 0.260 e. The van der Waals surface area contributed by atoms with Crippen molar-refractivity contribution in [3.63, 3.8) is 0 Å². The van der Waals surface area contributed by atoms with Crippen molar-refractivity contribution in [1.29, 1.82) is 0 Å². The van der Waals surface area contributed by atoms with Crippen molar-refractivity contribution in [2.24, 2.45) is 0 Å². The Bertz CT molecular complexity index is 603. The van der Waals surface area contributed by atoms with E-state index in [0.29, 0.717) is 23.4 Å². The van der Waals surface area contributed by atoms with Crippen LogP contribution in [0.3, 0.4) is 0 Å². The minimum atomic E-state index is -0.113. The molecule has 94 valence electrons. The molecule has 0 unspecified atom stereocenters. The summed E-state index contributed by atoms with van der Waals surface area (Å²) < 4.78 is 0. The summed E-state index contributed by atoms with van der Waals surface area (Å²) in [5.41, 5.74) is 0.407. The van der Waals surface area contributed by atoms with Crippen LogP contribution in [0.25, 0.3) is 11.0 Å². The first-order valence-electron chi connectivity index (χ1n) is 6.10. The highest BCUT2D eigenvalue weighted by Crippen LogP contribution is 2.04. The first-order valence-corrected chi connectivity index (χ1v) is 6.10. The molecular weight excluding hydrogens is 230 g/mol. The van der Waals surface area contributed by atoms with Gasteiger partial charge in [0.05, 0.1) is 11.9 Å². The van der Waals surface area contributed by atoms with Crippen LogP contribution in [-0.2, 0) is 6.54 Å². The van der Waals surface area contributed by atoms with Gasteiger partial charge in [0.15, 0.2) is 5.65 Å². The maximum atomic E-state index is 11.9. The summed E-state index contributed by atoms with van der Waals surface area (Å²) in [5.74, 6) is 0.688. The Morgan fingerprint density at radius 1 is 1.33 bits per heavy atom. The molecule has 18 heavy (non-hydrogen) atoms. The zero-order valence-electron chi connectivity index (χ0n) is 10.0. The van der Waals surface area contributed by atoms with Crippen LogP contribution in [0.5, 0.6) is 0 Å². The van der Waals surface area contributed by atoms with Crippen molar-refractivity contribution in [3.8, 4) is 0 Å². The lowest BCUT2D eigenvalue weighted by atomic mass is 10.3. The van der Waals surface area contributed by atoms with Crippen LogP contribution in [0.15, 0.2) is 23.1 Å². The van der Waals surface area contributed by atoms with Crippen LogP contribution in [0.2, 0.25) is 0 Å². The van der Waals surface area contributed by atoms with Gasteiger partial charge in [-0.15, -0.1) is 0 Å². The van der Waals surface area contributed by atoms with E-state index in [0.717, 1.165) is 26.2 Å². The van der Waals surface area contributed by atoms with Crippen molar-refractivity contribution >= 4 is 11.0 Å². The third kappa shape index (κ3) is 2.25. The molecule has 0 amide bonds. The molecule has 2 aromatic heterocycles. The Labute approximate surface area is 104 Å². The number of fused-ring (bicyclic) bond motifs is 1. The number of hydrogen-bond acceptors (Lipinski definition) is 5. The van der Waals surface area contributed by atoms with E-state index in [9.17, 15) is 4.79 Å². The number of hydrogen-bond donors (Lipinski definition) is 2. The Morgan fingerprint density at radius 2 is 2.17 bits per heavy atom. The molecule has 6 heteroatoms. The van der Waals surface area contributed by atoms with Crippen LogP contribution >= 0.6 is 0 Å². The molecule has 0 saturated carbocycles. The Hall–Kier alpha value is -1.79. The standard InChI is InChI=1S/C12H15N5O/c18-12-9-2-1-3-14-11(9)15-10(16-12)8-17-6-4-13-5-7-17/h1-3,13H,4-8H2,(H,14,15,16,18). The summed E-state index contributed by atoms with van der Waals surface area (Å²) in [4.78, 5) is 25.5. The highest BCUT2D eigenvalue weighted by molar-refractivity contribution is 5.72. The van der Waals surface area contributed by atoms with Gasteiger partial charge in [-0.1, -0.05) is 0 Å². The van der Waals surface area contributed by atoms with Crippen molar-refractivity contribution in [2.75, 3.05) is 26.2 Å². The first kappa shape index (κ1) is 11.3.